The average Bonchev–Trinajstić information content (AvgIpc) is 2.42. The van der Waals surface area contributed by atoms with E-state index < -0.39 is 0 Å². The minimum absolute atomic E-state index is 0.991. The number of rotatable bonds is 2. The van der Waals surface area contributed by atoms with Crippen molar-refractivity contribution in [2.24, 2.45) is 0 Å². The minimum atomic E-state index is 0.991. The van der Waals surface area contributed by atoms with Gasteiger partial charge in [0.2, 0.25) is 0 Å². The fourth-order valence-electron chi connectivity index (χ4n) is 2.74. The summed E-state index contributed by atoms with van der Waals surface area (Å²) < 4.78 is 0. The van der Waals surface area contributed by atoms with E-state index in [-0.39, 0.29) is 0 Å². The van der Waals surface area contributed by atoms with Gasteiger partial charge in [-0.15, -0.1) is 0 Å². The molecule has 0 bridgehead atoms. The number of hydrogen-bond acceptors (Lipinski definition) is 2. The third-order valence-electron chi connectivity index (χ3n) is 3.80. The first-order chi connectivity index (χ1) is 9.24. The standard InChI is InChI=1S/C17H20N2/c1-13-7-8-15(14(2)11-13)12-19-10-9-18-16-5-3-4-6-17(16)19/h3-8,11,18H,9-10,12H2,1-2H3. The Kier molecular flexibility index (Phi) is 3.16. The minimum Gasteiger partial charge on any atom is -0.382 e. The van der Waals surface area contributed by atoms with Gasteiger partial charge in [0.05, 0.1) is 11.4 Å². The molecule has 0 unspecified atom stereocenters. The van der Waals surface area contributed by atoms with Gasteiger partial charge in [0, 0.05) is 19.6 Å². The Bertz CT molecular complexity index is 590. The van der Waals surface area contributed by atoms with Gasteiger partial charge < -0.3 is 10.2 Å². The second kappa shape index (κ2) is 4.96. The van der Waals surface area contributed by atoms with E-state index in [1.165, 1.54) is 28.1 Å². The Balaban J connectivity index is 1.88. The molecule has 0 fully saturated rings. The lowest BCUT2D eigenvalue weighted by Gasteiger charge is -2.32. The molecular weight excluding hydrogens is 232 g/mol. The van der Waals surface area contributed by atoms with Crippen LogP contribution in [0.2, 0.25) is 0 Å². The van der Waals surface area contributed by atoms with Gasteiger partial charge in [-0.1, -0.05) is 35.9 Å². The van der Waals surface area contributed by atoms with Crippen LogP contribution in [0.3, 0.4) is 0 Å². The molecule has 3 rings (SSSR count). The van der Waals surface area contributed by atoms with Crippen LogP contribution in [-0.4, -0.2) is 13.1 Å². The first-order valence-corrected chi connectivity index (χ1v) is 6.88. The molecule has 0 saturated carbocycles. The summed E-state index contributed by atoms with van der Waals surface area (Å²) in [5.74, 6) is 0. The number of para-hydroxylation sites is 2. The number of hydrogen-bond donors (Lipinski definition) is 1. The van der Waals surface area contributed by atoms with Gasteiger partial charge in [0.25, 0.3) is 0 Å². The molecule has 0 amide bonds. The van der Waals surface area contributed by atoms with Crippen molar-refractivity contribution in [2.75, 3.05) is 23.3 Å². The van der Waals surface area contributed by atoms with Gasteiger partial charge in [-0.3, -0.25) is 0 Å². The van der Waals surface area contributed by atoms with Gasteiger partial charge in [0.15, 0.2) is 0 Å². The molecule has 2 aromatic carbocycles. The molecule has 2 heteroatoms. The molecule has 0 aromatic heterocycles. The van der Waals surface area contributed by atoms with Gasteiger partial charge in [-0.25, -0.2) is 0 Å². The zero-order valence-electron chi connectivity index (χ0n) is 11.6. The van der Waals surface area contributed by atoms with Crippen LogP contribution in [0.4, 0.5) is 11.4 Å². The Morgan fingerprint density at radius 1 is 1.11 bits per heavy atom. The van der Waals surface area contributed by atoms with Crippen LogP contribution < -0.4 is 10.2 Å². The van der Waals surface area contributed by atoms with Gasteiger partial charge in [-0.05, 0) is 37.1 Å². The smallest absolute Gasteiger partial charge is 0.0605 e. The van der Waals surface area contributed by atoms with Gasteiger partial charge in [0.1, 0.15) is 0 Å². The molecule has 0 aliphatic carbocycles. The van der Waals surface area contributed by atoms with Crippen molar-refractivity contribution in [1.82, 2.24) is 0 Å². The highest BCUT2D eigenvalue weighted by Crippen LogP contribution is 2.30. The lowest BCUT2D eigenvalue weighted by Crippen LogP contribution is -2.33. The maximum Gasteiger partial charge on any atom is 0.0605 e. The number of nitrogens with zero attached hydrogens (tertiary/aromatic N) is 1. The van der Waals surface area contributed by atoms with Crippen molar-refractivity contribution in [3.63, 3.8) is 0 Å². The molecule has 2 nitrogen and oxygen atoms in total. The second-order valence-electron chi connectivity index (χ2n) is 5.30. The van der Waals surface area contributed by atoms with Crippen molar-refractivity contribution in [1.29, 1.82) is 0 Å². The van der Waals surface area contributed by atoms with Gasteiger partial charge >= 0.3 is 0 Å². The number of nitrogens with one attached hydrogen (secondary N) is 1. The number of aryl methyl sites for hydroxylation is 2. The number of benzene rings is 2. The van der Waals surface area contributed by atoms with Crippen molar-refractivity contribution < 1.29 is 0 Å². The second-order valence-corrected chi connectivity index (χ2v) is 5.30. The summed E-state index contributed by atoms with van der Waals surface area (Å²) in [4.78, 5) is 2.46. The molecule has 0 radical (unpaired) electrons. The summed E-state index contributed by atoms with van der Waals surface area (Å²) in [6.45, 7) is 7.42. The van der Waals surface area contributed by atoms with Crippen molar-refractivity contribution in [3.05, 3.63) is 59.2 Å². The van der Waals surface area contributed by atoms with E-state index >= 15 is 0 Å². The summed E-state index contributed by atoms with van der Waals surface area (Å²) in [5, 5.41) is 3.46. The molecule has 1 N–H and O–H groups in total. The van der Waals surface area contributed by atoms with Crippen LogP contribution in [0.1, 0.15) is 16.7 Å². The Labute approximate surface area is 115 Å². The van der Waals surface area contributed by atoms with E-state index in [2.05, 4.69) is 66.5 Å². The van der Waals surface area contributed by atoms with Crippen LogP contribution in [0.25, 0.3) is 0 Å². The van der Waals surface area contributed by atoms with Crippen LogP contribution in [0.15, 0.2) is 42.5 Å². The fraction of sp³-hybridized carbons (Fsp3) is 0.294. The number of fused-ring (bicyclic) bond motifs is 1. The molecule has 0 saturated heterocycles. The van der Waals surface area contributed by atoms with Crippen molar-refractivity contribution in [3.8, 4) is 0 Å². The van der Waals surface area contributed by atoms with Crippen molar-refractivity contribution >= 4 is 11.4 Å². The molecule has 0 atom stereocenters. The lowest BCUT2D eigenvalue weighted by molar-refractivity contribution is 0.784. The Morgan fingerprint density at radius 3 is 2.79 bits per heavy atom. The highest BCUT2D eigenvalue weighted by atomic mass is 15.2. The molecule has 0 spiro atoms. The third kappa shape index (κ3) is 2.43. The van der Waals surface area contributed by atoms with E-state index in [9.17, 15) is 0 Å². The fourth-order valence-corrected chi connectivity index (χ4v) is 2.74. The molecule has 1 aliphatic rings. The summed E-state index contributed by atoms with van der Waals surface area (Å²) in [6, 6.07) is 15.3. The predicted octanol–water partition coefficient (Wildman–Crippen LogP) is 3.74. The molecule has 1 heterocycles. The number of anilines is 2. The molecular formula is C17H20N2. The summed E-state index contributed by atoms with van der Waals surface area (Å²) >= 11 is 0. The molecule has 1 aliphatic heterocycles. The molecule has 19 heavy (non-hydrogen) atoms. The highest BCUT2D eigenvalue weighted by Gasteiger charge is 2.16. The zero-order chi connectivity index (χ0) is 13.2. The first-order valence-electron chi connectivity index (χ1n) is 6.88. The van der Waals surface area contributed by atoms with E-state index in [1.807, 2.05) is 0 Å². The lowest BCUT2D eigenvalue weighted by atomic mass is 10.0. The maximum absolute atomic E-state index is 3.46. The Morgan fingerprint density at radius 2 is 1.95 bits per heavy atom. The van der Waals surface area contributed by atoms with Crippen LogP contribution in [-0.2, 0) is 6.54 Å². The van der Waals surface area contributed by atoms with Crippen LogP contribution in [0.5, 0.6) is 0 Å². The highest BCUT2D eigenvalue weighted by molar-refractivity contribution is 5.72. The van der Waals surface area contributed by atoms with E-state index in [0.29, 0.717) is 0 Å². The summed E-state index contributed by atoms with van der Waals surface area (Å²) in [6.07, 6.45) is 0. The first kappa shape index (κ1) is 12.1. The monoisotopic (exact) mass is 252 g/mol. The topological polar surface area (TPSA) is 15.3 Å². The summed E-state index contributed by atoms with van der Waals surface area (Å²) in [5.41, 5.74) is 6.70. The van der Waals surface area contributed by atoms with E-state index in [0.717, 1.165) is 19.6 Å². The normalized spacial score (nSPS) is 13.9. The maximum atomic E-state index is 3.46. The SMILES string of the molecule is Cc1ccc(CN2CCNc3ccccc32)c(C)c1. The van der Waals surface area contributed by atoms with E-state index in [4.69, 9.17) is 0 Å². The summed E-state index contributed by atoms with van der Waals surface area (Å²) in [7, 11) is 0. The zero-order valence-corrected chi connectivity index (χ0v) is 11.6. The van der Waals surface area contributed by atoms with Crippen LogP contribution >= 0.6 is 0 Å². The van der Waals surface area contributed by atoms with Gasteiger partial charge in [-0.2, -0.15) is 0 Å². The van der Waals surface area contributed by atoms with E-state index in [1.54, 1.807) is 0 Å². The largest absolute Gasteiger partial charge is 0.382 e. The average molecular weight is 252 g/mol. The predicted molar refractivity (Wildman–Crippen MR) is 81.9 cm³/mol. The quantitative estimate of drug-likeness (QED) is 0.876. The van der Waals surface area contributed by atoms with Crippen molar-refractivity contribution in [2.45, 2.75) is 20.4 Å². The van der Waals surface area contributed by atoms with Crippen LogP contribution in [0, 0.1) is 13.8 Å². The molecule has 2 aromatic rings. The third-order valence-corrected chi connectivity index (χ3v) is 3.80. The Hall–Kier alpha value is -1.96. The molecule has 98 valence electrons.